The highest BCUT2D eigenvalue weighted by Gasteiger charge is 2.13. The summed E-state index contributed by atoms with van der Waals surface area (Å²) >= 11 is 0. The first-order valence-corrected chi connectivity index (χ1v) is 13.5. The number of hydrogen-bond acceptors (Lipinski definition) is 5. The monoisotopic (exact) mass is 549 g/mol. The molecule has 0 spiro atoms. The number of ketones is 2. The van der Waals surface area contributed by atoms with Crippen molar-refractivity contribution in [3.05, 3.63) is 161 Å². The van der Waals surface area contributed by atoms with E-state index in [0.29, 0.717) is 45.2 Å². The maximum atomic E-state index is 13.2. The number of nitrogens with two attached hydrogens (primary N) is 1. The van der Waals surface area contributed by atoms with Crippen LogP contribution in [0.2, 0.25) is 0 Å². The molecule has 0 saturated carbocycles. The largest absolute Gasteiger partial charge is 0.457 e. The number of carbonyl (C=O) groups excluding carboxylic acids is 2. The molecule has 204 valence electrons. The quantitative estimate of drug-likeness (QED) is 0.152. The molecule has 0 saturated heterocycles. The number of benzene rings is 6. The fourth-order valence-electron chi connectivity index (χ4n) is 4.62. The van der Waals surface area contributed by atoms with Gasteiger partial charge in [-0.15, -0.1) is 0 Å². The van der Waals surface area contributed by atoms with Gasteiger partial charge in [-0.1, -0.05) is 42.0 Å². The number of carbonyl (C=O) groups is 2. The smallest absolute Gasteiger partial charge is 0.193 e. The van der Waals surface area contributed by atoms with Crippen molar-refractivity contribution >= 4 is 28.0 Å². The van der Waals surface area contributed by atoms with Crippen LogP contribution in [-0.2, 0) is 0 Å². The average Bonchev–Trinajstić information content (AvgIpc) is 3.03. The number of ether oxygens (including phenoxy) is 2. The van der Waals surface area contributed by atoms with Crippen LogP contribution in [0.25, 0.3) is 10.8 Å². The number of hydrogen-bond donors (Lipinski definition) is 1. The first-order chi connectivity index (χ1) is 20.4. The molecule has 0 atom stereocenters. The highest BCUT2D eigenvalue weighted by atomic mass is 16.5. The number of rotatable bonds is 8. The zero-order chi connectivity index (χ0) is 29.1. The van der Waals surface area contributed by atoms with Crippen molar-refractivity contribution in [2.45, 2.75) is 6.92 Å². The van der Waals surface area contributed by atoms with Crippen molar-refractivity contribution in [3.8, 4) is 23.0 Å². The van der Waals surface area contributed by atoms with E-state index in [9.17, 15) is 9.59 Å². The maximum Gasteiger partial charge on any atom is 0.193 e. The van der Waals surface area contributed by atoms with Gasteiger partial charge in [0.2, 0.25) is 0 Å². The van der Waals surface area contributed by atoms with Gasteiger partial charge >= 0.3 is 0 Å². The van der Waals surface area contributed by atoms with Gasteiger partial charge in [0.1, 0.15) is 23.0 Å². The van der Waals surface area contributed by atoms with E-state index in [1.807, 2.05) is 55.5 Å². The maximum absolute atomic E-state index is 13.2. The summed E-state index contributed by atoms with van der Waals surface area (Å²) in [4.78, 5) is 26.4. The van der Waals surface area contributed by atoms with Gasteiger partial charge in [-0.05, 0) is 115 Å². The van der Waals surface area contributed by atoms with Crippen LogP contribution in [0.4, 0.5) is 5.69 Å². The SMILES string of the molecule is Cc1ccc(Oc2ccc(C(=O)c3ccc4cc(C(=O)c5ccc(Oc6ccc(N)cc6)cc5)ccc4c3)cc2)cc1. The fourth-order valence-corrected chi connectivity index (χ4v) is 4.62. The Morgan fingerprint density at radius 1 is 0.452 bits per heavy atom. The minimum atomic E-state index is -0.0935. The first-order valence-electron chi connectivity index (χ1n) is 13.5. The van der Waals surface area contributed by atoms with E-state index < -0.39 is 0 Å². The van der Waals surface area contributed by atoms with Crippen LogP contribution < -0.4 is 15.2 Å². The number of fused-ring (bicyclic) bond motifs is 1. The topological polar surface area (TPSA) is 78.6 Å². The molecule has 0 amide bonds. The molecule has 6 aromatic carbocycles. The lowest BCUT2D eigenvalue weighted by Gasteiger charge is -2.09. The van der Waals surface area contributed by atoms with Crippen molar-refractivity contribution in [2.75, 3.05) is 5.73 Å². The predicted molar refractivity (Wildman–Crippen MR) is 166 cm³/mol. The molecule has 0 unspecified atom stereocenters. The van der Waals surface area contributed by atoms with E-state index in [4.69, 9.17) is 15.2 Å². The Balaban J connectivity index is 1.14. The summed E-state index contributed by atoms with van der Waals surface area (Å²) in [6, 6.07) is 40.1. The van der Waals surface area contributed by atoms with Gasteiger partial charge in [-0.25, -0.2) is 0 Å². The third-order valence-corrected chi connectivity index (χ3v) is 6.97. The first kappa shape index (κ1) is 26.5. The van der Waals surface area contributed by atoms with Crippen LogP contribution in [0.1, 0.15) is 37.4 Å². The molecule has 6 aromatic rings. The Bertz CT molecular complexity index is 1750. The summed E-state index contributed by atoms with van der Waals surface area (Å²) in [5.74, 6) is 2.52. The summed E-state index contributed by atoms with van der Waals surface area (Å²) in [6.07, 6.45) is 0. The van der Waals surface area contributed by atoms with E-state index in [2.05, 4.69) is 0 Å². The Morgan fingerprint density at radius 2 is 0.786 bits per heavy atom. The van der Waals surface area contributed by atoms with Crippen LogP contribution in [-0.4, -0.2) is 11.6 Å². The van der Waals surface area contributed by atoms with E-state index in [-0.39, 0.29) is 11.6 Å². The van der Waals surface area contributed by atoms with Crippen molar-refractivity contribution in [2.24, 2.45) is 0 Å². The van der Waals surface area contributed by atoms with Crippen LogP contribution >= 0.6 is 0 Å². The third-order valence-electron chi connectivity index (χ3n) is 6.97. The number of anilines is 1. The number of aryl methyl sites for hydroxylation is 1. The Kier molecular flexibility index (Phi) is 7.22. The molecular formula is C37H27NO4. The summed E-state index contributed by atoms with van der Waals surface area (Å²) < 4.78 is 11.7. The Hall–Kier alpha value is -5.68. The van der Waals surface area contributed by atoms with E-state index in [1.54, 1.807) is 84.9 Å². The normalized spacial score (nSPS) is 10.8. The Labute approximate surface area is 243 Å². The van der Waals surface area contributed by atoms with Gasteiger partial charge in [0.05, 0.1) is 0 Å². The summed E-state index contributed by atoms with van der Waals surface area (Å²) in [6.45, 7) is 2.02. The zero-order valence-corrected chi connectivity index (χ0v) is 22.9. The molecule has 0 aliphatic carbocycles. The Morgan fingerprint density at radius 3 is 1.19 bits per heavy atom. The van der Waals surface area contributed by atoms with Crippen LogP contribution in [0.3, 0.4) is 0 Å². The molecular weight excluding hydrogens is 522 g/mol. The molecule has 0 fully saturated rings. The second kappa shape index (κ2) is 11.4. The molecule has 0 bridgehead atoms. The lowest BCUT2D eigenvalue weighted by atomic mass is 9.96. The molecule has 0 aliphatic rings. The van der Waals surface area contributed by atoms with Gasteiger partial charge in [0, 0.05) is 27.9 Å². The molecule has 0 aromatic heterocycles. The molecule has 0 aliphatic heterocycles. The van der Waals surface area contributed by atoms with Gasteiger partial charge in [0.25, 0.3) is 0 Å². The number of nitrogen functional groups attached to an aromatic ring is 1. The molecule has 5 nitrogen and oxygen atoms in total. The minimum absolute atomic E-state index is 0.0831. The van der Waals surface area contributed by atoms with Gasteiger partial charge in [-0.3, -0.25) is 9.59 Å². The second-order valence-electron chi connectivity index (χ2n) is 10.1. The standard InChI is InChI=1S/C37H27NO4/c1-24-2-14-32(15-3-24)41-33-16-8-25(9-17-33)36(39)29-6-4-28-23-30(7-5-27(28)22-29)37(40)26-10-18-34(19-11-26)42-35-20-12-31(38)13-21-35/h2-23H,38H2,1H3. The highest BCUT2D eigenvalue weighted by molar-refractivity contribution is 6.12. The molecule has 42 heavy (non-hydrogen) atoms. The van der Waals surface area contributed by atoms with Crippen LogP contribution in [0.5, 0.6) is 23.0 Å². The fraction of sp³-hybridized carbons (Fsp3) is 0.0270. The van der Waals surface area contributed by atoms with Crippen molar-refractivity contribution in [1.82, 2.24) is 0 Å². The zero-order valence-electron chi connectivity index (χ0n) is 22.9. The lowest BCUT2D eigenvalue weighted by molar-refractivity contribution is 0.103. The average molecular weight is 550 g/mol. The van der Waals surface area contributed by atoms with Gasteiger partial charge in [0.15, 0.2) is 11.6 Å². The van der Waals surface area contributed by atoms with E-state index in [0.717, 1.165) is 22.1 Å². The highest BCUT2D eigenvalue weighted by Crippen LogP contribution is 2.26. The van der Waals surface area contributed by atoms with Crippen molar-refractivity contribution in [3.63, 3.8) is 0 Å². The summed E-state index contributed by atoms with van der Waals surface area (Å²) in [5.41, 5.74) is 9.82. The van der Waals surface area contributed by atoms with Gasteiger partial charge < -0.3 is 15.2 Å². The van der Waals surface area contributed by atoms with E-state index in [1.165, 1.54) is 0 Å². The summed E-state index contributed by atoms with van der Waals surface area (Å²) in [7, 11) is 0. The third kappa shape index (κ3) is 5.91. The van der Waals surface area contributed by atoms with Crippen molar-refractivity contribution in [1.29, 1.82) is 0 Å². The van der Waals surface area contributed by atoms with Crippen LogP contribution in [0.15, 0.2) is 133 Å². The molecule has 0 radical (unpaired) electrons. The van der Waals surface area contributed by atoms with Crippen molar-refractivity contribution < 1.29 is 19.1 Å². The van der Waals surface area contributed by atoms with Crippen LogP contribution in [0, 0.1) is 6.92 Å². The minimum Gasteiger partial charge on any atom is -0.457 e. The molecule has 5 heteroatoms. The summed E-state index contributed by atoms with van der Waals surface area (Å²) in [5, 5.41) is 1.76. The lowest BCUT2D eigenvalue weighted by Crippen LogP contribution is -2.02. The molecule has 6 rings (SSSR count). The molecule has 2 N–H and O–H groups in total. The van der Waals surface area contributed by atoms with E-state index >= 15 is 0 Å². The molecule has 0 heterocycles. The van der Waals surface area contributed by atoms with Gasteiger partial charge in [-0.2, -0.15) is 0 Å². The predicted octanol–water partition coefficient (Wildman–Crippen LogP) is 8.78. The second-order valence-corrected chi connectivity index (χ2v) is 10.1.